The lowest BCUT2D eigenvalue weighted by Crippen LogP contribution is -2.25. The first kappa shape index (κ1) is 17.0. The molecule has 0 aliphatic carbocycles. The summed E-state index contributed by atoms with van der Waals surface area (Å²) in [4.78, 5) is 17.1. The molecule has 1 heterocycles. The van der Waals surface area contributed by atoms with Crippen LogP contribution in [0, 0.1) is 12.8 Å². The number of para-hydroxylation sites is 2. The summed E-state index contributed by atoms with van der Waals surface area (Å²) in [6, 6.07) is 13.8. The van der Waals surface area contributed by atoms with Crippen molar-refractivity contribution in [2.75, 3.05) is 10.7 Å². The number of benzene rings is 2. The average molecular weight is 336 g/mol. The van der Waals surface area contributed by atoms with Gasteiger partial charge >= 0.3 is 0 Å². The fourth-order valence-electron chi connectivity index (χ4n) is 2.67. The van der Waals surface area contributed by atoms with E-state index < -0.39 is 0 Å². The fraction of sp³-hybridized carbons (Fsp3) is 0.300. The molecule has 0 spiro atoms. The predicted molar refractivity (Wildman–Crippen MR) is 103 cm³/mol. The summed E-state index contributed by atoms with van der Waals surface area (Å²) < 4.78 is 1.66. The molecule has 130 valence electrons. The molecule has 0 fully saturated rings. The first-order valence-corrected chi connectivity index (χ1v) is 8.57. The number of anilines is 1. The highest BCUT2D eigenvalue weighted by Crippen LogP contribution is 2.22. The molecular weight excluding hydrogens is 312 g/mol. The Morgan fingerprint density at radius 1 is 1.08 bits per heavy atom. The van der Waals surface area contributed by atoms with Crippen molar-refractivity contribution in [3.8, 4) is 0 Å². The van der Waals surface area contributed by atoms with Crippen LogP contribution in [-0.2, 0) is 0 Å². The maximum absolute atomic E-state index is 12.8. The van der Waals surface area contributed by atoms with Gasteiger partial charge in [0.25, 0.3) is 5.91 Å². The smallest absolute Gasteiger partial charge is 0.270 e. The van der Waals surface area contributed by atoms with Crippen LogP contribution in [0.4, 0.5) is 5.69 Å². The molecule has 1 atom stereocenters. The van der Waals surface area contributed by atoms with E-state index in [0.29, 0.717) is 17.5 Å². The van der Waals surface area contributed by atoms with E-state index in [4.69, 9.17) is 0 Å². The molecule has 25 heavy (non-hydrogen) atoms. The van der Waals surface area contributed by atoms with Crippen molar-refractivity contribution in [2.45, 2.75) is 33.7 Å². The van der Waals surface area contributed by atoms with Crippen LogP contribution in [0.5, 0.6) is 0 Å². The van der Waals surface area contributed by atoms with Gasteiger partial charge in [0.1, 0.15) is 6.33 Å². The number of aromatic nitrogens is 2. The largest absolute Gasteiger partial charge is 0.382 e. The Morgan fingerprint density at radius 3 is 2.60 bits per heavy atom. The molecular formula is C20H24N4O. The highest BCUT2D eigenvalue weighted by atomic mass is 16.2. The van der Waals surface area contributed by atoms with E-state index in [1.807, 2.05) is 49.4 Å². The maximum Gasteiger partial charge on any atom is 0.270 e. The Labute approximate surface area is 148 Å². The third kappa shape index (κ3) is 3.50. The number of hydrogen-bond donors (Lipinski definition) is 2. The zero-order chi connectivity index (χ0) is 18.0. The average Bonchev–Trinajstić information content (AvgIpc) is 2.99. The zero-order valence-electron chi connectivity index (χ0n) is 15.1. The zero-order valence-corrected chi connectivity index (χ0v) is 15.1. The van der Waals surface area contributed by atoms with Crippen LogP contribution in [0.25, 0.3) is 11.0 Å². The molecule has 5 heteroatoms. The van der Waals surface area contributed by atoms with Crippen molar-refractivity contribution >= 4 is 22.6 Å². The Morgan fingerprint density at radius 2 is 1.84 bits per heavy atom. The van der Waals surface area contributed by atoms with Crippen molar-refractivity contribution in [2.24, 2.45) is 5.92 Å². The molecule has 0 bridgehead atoms. The van der Waals surface area contributed by atoms with E-state index >= 15 is 0 Å². The highest BCUT2D eigenvalue weighted by molar-refractivity contribution is 6.02. The van der Waals surface area contributed by atoms with Crippen LogP contribution in [0.15, 0.2) is 48.8 Å². The van der Waals surface area contributed by atoms with Gasteiger partial charge in [-0.15, -0.1) is 0 Å². The third-order valence-electron chi connectivity index (χ3n) is 4.64. The lowest BCUT2D eigenvalue weighted by atomic mass is 10.0. The number of carbonyl (C=O) groups is 1. The molecule has 2 N–H and O–H groups in total. The van der Waals surface area contributed by atoms with Gasteiger partial charge in [-0.3, -0.25) is 10.2 Å². The number of nitrogens with one attached hydrogen (secondary N) is 2. The standard InChI is InChI=1S/C20H24N4O/c1-13(2)15(4)22-17-10-7-8-16(14(17)3)20(25)23-24-12-21-18-9-5-6-11-19(18)24/h5-13,15,22H,1-4H3,(H,23,25)/t15-/m0/s1. The second-order valence-corrected chi connectivity index (χ2v) is 6.70. The maximum atomic E-state index is 12.8. The summed E-state index contributed by atoms with van der Waals surface area (Å²) in [7, 11) is 0. The van der Waals surface area contributed by atoms with Crippen molar-refractivity contribution < 1.29 is 4.79 Å². The van der Waals surface area contributed by atoms with Crippen LogP contribution < -0.4 is 10.7 Å². The van der Waals surface area contributed by atoms with Gasteiger partial charge < -0.3 is 5.32 Å². The Hall–Kier alpha value is -2.82. The monoisotopic (exact) mass is 336 g/mol. The van der Waals surface area contributed by atoms with Gasteiger partial charge in [0.05, 0.1) is 11.0 Å². The van der Waals surface area contributed by atoms with Gasteiger partial charge in [-0.1, -0.05) is 32.0 Å². The topological polar surface area (TPSA) is 59.0 Å². The summed E-state index contributed by atoms with van der Waals surface area (Å²) in [5.41, 5.74) is 7.22. The number of fused-ring (bicyclic) bond motifs is 1. The molecule has 2 aromatic carbocycles. The third-order valence-corrected chi connectivity index (χ3v) is 4.64. The molecule has 0 radical (unpaired) electrons. The fourth-order valence-corrected chi connectivity index (χ4v) is 2.67. The predicted octanol–water partition coefficient (Wildman–Crippen LogP) is 4.19. The number of carbonyl (C=O) groups excluding carboxylic acids is 1. The summed E-state index contributed by atoms with van der Waals surface area (Å²) in [6.45, 7) is 8.46. The summed E-state index contributed by atoms with van der Waals surface area (Å²) in [6.07, 6.45) is 1.63. The van der Waals surface area contributed by atoms with E-state index in [1.54, 1.807) is 11.0 Å². The first-order valence-electron chi connectivity index (χ1n) is 8.57. The second-order valence-electron chi connectivity index (χ2n) is 6.70. The molecule has 0 aliphatic rings. The molecule has 0 unspecified atom stereocenters. The molecule has 3 rings (SSSR count). The van der Waals surface area contributed by atoms with Crippen LogP contribution in [-0.4, -0.2) is 21.6 Å². The van der Waals surface area contributed by atoms with Crippen molar-refractivity contribution in [3.63, 3.8) is 0 Å². The Kier molecular flexibility index (Phi) is 4.74. The summed E-state index contributed by atoms with van der Waals surface area (Å²) in [5, 5.41) is 3.49. The van der Waals surface area contributed by atoms with Gasteiger partial charge in [-0.2, -0.15) is 0 Å². The minimum absolute atomic E-state index is 0.151. The minimum Gasteiger partial charge on any atom is -0.382 e. The number of nitrogens with zero attached hydrogens (tertiary/aromatic N) is 2. The molecule has 3 aromatic rings. The summed E-state index contributed by atoms with van der Waals surface area (Å²) in [5.74, 6) is 0.357. The van der Waals surface area contributed by atoms with E-state index in [-0.39, 0.29) is 5.91 Å². The van der Waals surface area contributed by atoms with Crippen LogP contribution >= 0.6 is 0 Å². The van der Waals surface area contributed by atoms with Crippen LogP contribution in [0.1, 0.15) is 36.7 Å². The highest BCUT2D eigenvalue weighted by Gasteiger charge is 2.15. The van der Waals surface area contributed by atoms with Gasteiger partial charge in [-0.25, -0.2) is 9.66 Å². The van der Waals surface area contributed by atoms with Crippen molar-refractivity contribution in [3.05, 3.63) is 59.9 Å². The molecule has 0 saturated heterocycles. The van der Waals surface area contributed by atoms with E-state index in [0.717, 1.165) is 22.3 Å². The number of amides is 1. The number of hydrogen-bond acceptors (Lipinski definition) is 3. The summed E-state index contributed by atoms with van der Waals surface area (Å²) >= 11 is 0. The quantitative estimate of drug-likeness (QED) is 0.734. The Balaban J connectivity index is 1.85. The molecule has 1 amide bonds. The van der Waals surface area contributed by atoms with Crippen LogP contribution in [0.2, 0.25) is 0 Å². The van der Waals surface area contributed by atoms with Gasteiger partial charge in [-0.05, 0) is 49.6 Å². The van der Waals surface area contributed by atoms with Gasteiger partial charge in [0, 0.05) is 17.3 Å². The van der Waals surface area contributed by atoms with Gasteiger partial charge in [0.2, 0.25) is 0 Å². The first-order chi connectivity index (χ1) is 12.0. The Bertz CT molecular complexity index is 898. The lowest BCUT2D eigenvalue weighted by molar-refractivity contribution is 0.101. The van der Waals surface area contributed by atoms with E-state index in [2.05, 4.69) is 36.5 Å². The molecule has 5 nitrogen and oxygen atoms in total. The minimum atomic E-state index is -0.151. The lowest BCUT2D eigenvalue weighted by Gasteiger charge is -2.21. The van der Waals surface area contributed by atoms with E-state index in [1.165, 1.54) is 0 Å². The molecule has 0 aliphatic heterocycles. The van der Waals surface area contributed by atoms with Crippen LogP contribution in [0.3, 0.4) is 0 Å². The van der Waals surface area contributed by atoms with Crippen molar-refractivity contribution in [1.29, 1.82) is 0 Å². The van der Waals surface area contributed by atoms with Crippen molar-refractivity contribution in [1.82, 2.24) is 9.66 Å². The number of rotatable bonds is 5. The van der Waals surface area contributed by atoms with Gasteiger partial charge in [0.15, 0.2) is 0 Å². The molecule has 1 aromatic heterocycles. The normalized spacial score (nSPS) is 12.4. The molecule has 0 saturated carbocycles. The van der Waals surface area contributed by atoms with E-state index in [9.17, 15) is 4.79 Å². The SMILES string of the molecule is Cc1c(N[C@@H](C)C(C)C)cccc1C(=O)Nn1cnc2ccccc21. The number of imidazole rings is 1. The second kappa shape index (κ2) is 6.97.